The minimum Gasteiger partial charge on any atom is -0.480 e. The van der Waals surface area contributed by atoms with Crippen LogP contribution in [-0.4, -0.2) is 69.7 Å². The lowest BCUT2D eigenvalue weighted by Gasteiger charge is -2.42. The number of benzene rings is 1. The molecule has 1 aromatic carbocycles. The SMILES string of the molecule is CCN1C(=O)C(=O)N(C(Cc2ccsc2)C(=O)O)CC1NC(=O)c1ccc(C(=N)N)cc1. The van der Waals surface area contributed by atoms with E-state index in [4.69, 9.17) is 11.1 Å². The first-order chi connectivity index (χ1) is 15.2. The molecule has 3 amide bonds. The fourth-order valence-electron chi connectivity index (χ4n) is 3.51. The molecule has 168 valence electrons. The van der Waals surface area contributed by atoms with Crippen LogP contribution in [0.5, 0.6) is 0 Å². The number of amidine groups is 1. The fraction of sp³-hybridized carbons (Fsp3) is 0.286. The van der Waals surface area contributed by atoms with E-state index in [1.807, 2.05) is 0 Å². The van der Waals surface area contributed by atoms with Crippen molar-refractivity contribution in [2.75, 3.05) is 13.1 Å². The molecule has 1 saturated heterocycles. The maximum atomic E-state index is 12.8. The van der Waals surface area contributed by atoms with Crippen molar-refractivity contribution in [2.45, 2.75) is 25.6 Å². The summed E-state index contributed by atoms with van der Waals surface area (Å²) in [7, 11) is 0. The third-order valence-corrected chi connectivity index (χ3v) is 5.95. The molecule has 5 N–H and O–H groups in total. The molecule has 0 saturated carbocycles. The van der Waals surface area contributed by atoms with E-state index in [1.165, 1.54) is 40.5 Å². The summed E-state index contributed by atoms with van der Waals surface area (Å²) in [5.74, 6) is -3.65. The predicted molar refractivity (Wildman–Crippen MR) is 117 cm³/mol. The van der Waals surface area contributed by atoms with E-state index in [9.17, 15) is 24.3 Å². The van der Waals surface area contributed by atoms with Gasteiger partial charge in [0.25, 0.3) is 5.91 Å². The monoisotopic (exact) mass is 457 g/mol. The molecular weight excluding hydrogens is 434 g/mol. The molecule has 0 radical (unpaired) electrons. The van der Waals surface area contributed by atoms with Gasteiger partial charge in [0, 0.05) is 24.1 Å². The van der Waals surface area contributed by atoms with Crippen molar-refractivity contribution in [3.63, 3.8) is 0 Å². The third-order valence-electron chi connectivity index (χ3n) is 5.22. The van der Waals surface area contributed by atoms with Crippen molar-refractivity contribution >= 4 is 40.9 Å². The van der Waals surface area contributed by atoms with Crippen molar-refractivity contribution in [1.82, 2.24) is 15.1 Å². The molecule has 0 bridgehead atoms. The summed E-state index contributed by atoms with van der Waals surface area (Å²) in [6.07, 6.45) is -0.841. The van der Waals surface area contributed by atoms with E-state index in [1.54, 1.807) is 23.8 Å². The lowest BCUT2D eigenvalue weighted by molar-refractivity contribution is -0.165. The predicted octanol–water partition coefficient (Wildman–Crippen LogP) is 0.475. The van der Waals surface area contributed by atoms with Gasteiger partial charge in [-0.1, -0.05) is 12.1 Å². The summed E-state index contributed by atoms with van der Waals surface area (Å²) in [6, 6.07) is 6.56. The number of nitrogens with one attached hydrogen (secondary N) is 2. The van der Waals surface area contributed by atoms with Crippen molar-refractivity contribution in [3.8, 4) is 0 Å². The first-order valence-electron chi connectivity index (χ1n) is 9.83. The molecule has 11 heteroatoms. The van der Waals surface area contributed by atoms with Crippen LogP contribution in [0.15, 0.2) is 41.1 Å². The van der Waals surface area contributed by atoms with Crippen LogP contribution in [0.3, 0.4) is 0 Å². The molecule has 0 aliphatic carbocycles. The Morgan fingerprint density at radius 3 is 2.41 bits per heavy atom. The molecule has 2 aromatic rings. The lowest BCUT2D eigenvalue weighted by atomic mass is 10.0. The summed E-state index contributed by atoms with van der Waals surface area (Å²) in [4.78, 5) is 52.3. The molecule has 1 aliphatic rings. The number of nitrogen functional groups attached to an aromatic ring is 1. The molecule has 1 fully saturated rings. The van der Waals surface area contributed by atoms with E-state index < -0.39 is 35.9 Å². The van der Waals surface area contributed by atoms with Crippen molar-refractivity contribution in [1.29, 1.82) is 5.41 Å². The van der Waals surface area contributed by atoms with Gasteiger partial charge < -0.3 is 26.0 Å². The number of nitrogens with two attached hydrogens (primary N) is 1. The minimum absolute atomic E-state index is 0.0527. The summed E-state index contributed by atoms with van der Waals surface area (Å²) >= 11 is 1.40. The van der Waals surface area contributed by atoms with Crippen LogP contribution in [0, 0.1) is 5.41 Å². The number of thiophene rings is 1. The van der Waals surface area contributed by atoms with Gasteiger partial charge in [-0.25, -0.2) is 4.79 Å². The van der Waals surface area contributed by atoms with Crippen LogP contribution in [0.25, 0.3) is 0 Å². The smallest absolute Gasteiger partial charge is 0.326 e. The van der Waals surface area contributed by atoms with Gasteiger partial charge in [0.15, 0.2) is 0 Å². The Morgan fingerprint density at radius 1 is 1.22 bits per heavy atom. The molecule has 32 heavy (non-hydrogen) atoms. The Morgan fingerprint density at radius 2 is 1.88 bits per heavy atom. The van der Waals surface area contributed by atoms with Gasteiger partial charge in [-0.15, -0.1) is 0 Å². The van der Waals surface area contributed by atoms with Crippen molar-refractivity contribution in [3.05, 3.63) is 57.8 Å². The third kappa shape index (κ3) is 4.78. The van der Waals surface area contributed by atoms with Gasteiger partial charge in [0.05, 0.1) is 6.54 Å². The highest BCUT2D eigenvalue weighted by Crippen LogP contribution is 2.19. The molecule has 1 aliphatic heterocycles. The number of carboxylic acid groups (broad SMARTS) is 1. The molecule has 0 spiro atoms. The van der Waals surface area contributed by atoms with E-state index in [2.05, 4.69) is 5.32 Å². The highest BCUT2D eigenvalue weighted by molar-refractivity contribution is 7.07. The van der Waals surface area contributed by atoms with Crippen LogP contribution < -0.4 is 11.1 Å². The average molecular weight is 458 g/mol. The van der Waals surface area contributed by atoms with E-state index in [-0.39, 0.29) is 30.9 Å². The van der Waals surface area contributed by atoms with Crippen LogP contribution in [0.1, 0.15) is 28.4 Å². The van der Waals surface area contributed by atoms with Crippen LogP contribution in [0.4, 0.5) is 0 Å². The number of amides is 3. The maximum Gasteiger partial charge on any atom is 0.326 e. The number of piperazine rings is 1. The Bertz CT molecular complexity index is 1040. The molecular formula is C21H23N5O5S. The first-order valence-corrected chi connectivity index (χ1v) is 10.8. The quantitative estimate of drug-likeness (QED) is 0.256. The van der Waals surface area contributed by atoms with Gasteiger partial charge in [0.1, 0.15) is 18.0 Å². The minimum atomic E-state index is -1.24. The number of carbonyl (C=O) groups excluding carboxylic acids is 3. The van der Waals surface area contributed by atoms with Gasteiger partial charge in [0.2, 0.25) is 0 Å². The molecule has 2 heterocycles. The Kier molecular flexibility index (Phi) is 6.89. The maximum absolute atomic E-state index is 12.8. The normalized spacial score (nSPS) is 17.2. The van der Waals surface area contributed by atoms with Crippen LogP contribution >= 0.6 is 11.3 Å². The number of likely N-dealkylation sites (N-methyl/N-ethyl adjacent to an activating group) is 1. The number of hydrogen-bond donors (Lipinski definition) is 4. The van der Waals surface area contributed by atoms with Gasteiger partial charge in [-0.05, 0) is 41.4 Å². The summed E-state index contributed by atoms with van der Waals surface area (Å²) < 4.78 is 0. The van der Waals surface area contributed by atoms with Gasteiger partial charge >= 0.3 is 17.8 Å². The van der Waals surface area contributed by atoms with E-state index in [0.717, 1.165) is 10.5 Å². The second-order valence-electron chi connectivity index (χ2n) is 7.22. The molecule has 1 aromatic heterocycles. The van der Waals surface area contributed by atoms with Crippen molar-refractivity contribution < 1.29 is 24.3 Å². The molecule has 2 atom stereocenters. The first kappa shape index (κ1) is 22.9. The molecule has 2 unspecified atom stereocenters. The number of aliphatic carboxylic acids is 1. The van der Waals surface area contributed by atoms with E-state index >= 15 is 0 Å². The zero-order valence-corrected chi connectivity index (χ0v) is 18.1. The number of rotatable bonds is 8. The Labute approximate surface area is 188 Å². The Balaban J connectivity index is 1.82. The second kappa shape index (κ2) is 9.60. The molecule has 3 rings (SSSR count). The fourth-order valence-corrected chi connectivity index (χ4v) is 4.19. The largest absolute Gasteiger partial charge is 0.480 e. The number of carbonyl (C=O) groups is 4. The highest BCUT2D eigenvalue weighted by Gasteiger charge is 2.43. The van der Waals surface area contributed by atoms with Crippen LogP contribution in [0.2, 0.25) is 0 Å². The summed E-state index contributed by atoms with van der Waals surface area (Å²) in [6.45, 7) is 1.67. The number of hydrogen-bond acceptors (Lipinski definition) is 6. The zero-order valence-electron chi connectivity index (χ0n) is 17.3. The zero-order chi connectivity index (χ0) is 23.4. The van der Waals surface area contributed by atoms with Gasteiger partial charge in [-0.3, -0.25) is 19.8 Å². The van der Waals surface area contributed by atoms with Crippen LogP contribution in [-0.2, 0) is 20.8 Å². The number of nitrogens with zero attached hydrogens (tertiary/aromatic N) is 2. The molecule has 10 nitrogen and oxygen atoms in total. The standard InChI is InChI=1S/C21H23N5O5S/c1-2-25-16(24-18(27)14-5-3-13(4-6-14)17(22)23)10-26(20(29)19(25)28)15(21(30)31)9-12-7-8-32-11-12/h3-8,11,15-16H,2,9-10H2,1H3,(H3,22,23)(H,24,27)(H,30,31). The van der Waals surface area contributed by atoms with Gasteiger partial charge in [-0.2, -0.15) is 11.3 Å². The average Bonchev–Trinajstić information content (AvgIpc) is 3.28. The summed E-state index contributed by atoms with van der Waals surface area (Å²) in [5.41, 5.74) is 6.90. The highest BCUT2D eigenvalue weighted by atomic mass is 32.1. The van der Waals surface area contributed by atoms with E-state index in [0.29, 0.717) is 5.56 Å². The van der Waals surface area contributed by atoms with Crippen molar-refractivity contribution in [2.24, 2.45) is 5.73 Å². The summed E-state index contributed by atoms with van der Waals surface area (Å²) in [5, 5.41) is 23.5. The Hall–Kier alpha value is -3.73. The number of carboxylic acids is 1. The lowest BCUT2D eigenvalue weighted by Crippen LogP contribution is -2.67. The topological polar surface area (TPSA) is 157 Å². The second-order valence-corrected chi connectivity index (χ2v) is 8.00.